The summed E-state index contributed by atoms with van der Waals surface area (Å²) in [5, 5.41) is 13.3. The highest BCUT2D eigenvalue weighted by molar-refractivity contribution is 6.30. The lowest BCUT2D eigenvalue weighted by molar-refractivity contribution is 0.0284. The predicted molar refractivity (Wildman–Crippen MR) is 116 cm³/mol. The van der Waals surface area contributed by atoms with Gasteiger partial charge in [-0.1, -0.05) is 17.7 Å². The summed E-state index contributed by atoms with van der Waals surface area (Å²) in [6, 6.07) is 8.27. The summed E-state index contributed by atoms with van der Waals surface area (Å²) in [5.41, 5.74) is 0.994. The molecule has 0 radical (unpaired) electrons. The Bertz CT molecular complexity index is 1160. The van der Waals surface area contributed by atoms with E-state index in [0.29, 0.717) is 29.8 Å². The average Bonchev–Trinajstić information content (AvgIpc) is 2.78. The highest BCUT2D eigenvalue weighted by Crippen LogP contribution is 2.22. The SMILES string of the molecule is O=c1cc(-c2ccnc(N[C@H]3CCOC[C@H]3F)n2)ccn1C[C@@H](O)c1ccc(Cl)c(F)c1. The second-order valence-corrected chi connectivity index (χ2v) is 7.90. The van der Waals surface area contributed by atoms with Crippen LogP contribution in [0.2, 0.25) is 5.02 Å². The molecule has 3 heterocycles. The first-order valence-electron chi connectivity index (χ1n) is 10.1. The van der Waals surface area contributed by atoms with Gasteiger partial charge in [0.2, 0.25) is 5.95 Å². The maximum Gasteiger partial charge on any atom is 0.251 e. The molecule has 10 heteroatoms. The smallest absolute Gasteiger partial charge is 0.251 e. The van der Waals surface area contributed by atoms with Crippen LogP contribution in [0, 0.1) is 5.82 Å². The summed E-state index contributed by atoms with van der Waals surface area (Å²) in [6.45, 7) is 0.438. The van der Waals surface area contributed by atoms with Crippen LogP contribution in [0.3, 0.4) is 0 Å². The summed E-state index contributed by atoms with van der Waals surface area (Å²) in [4.78, 5) is 21.1. The molecule has 0 saturated carbocycles. The lowest BCUT2D eigenvalue weighted by Gasteiger charge is -2.26. The Hall–Kier alpha value is -2.88. The maximum atomic E-state index is 14.0. The van der Waals surface area contributed by atoms with Crippen molar-refractivity contribution in [1.82, 2.24) is 14.5 Å². The fraction of sp³-hybridized carbons (Fsp3) is 0.318. The van der Waals surface area contributed by atoms with Crippen LogP contribution in [0.15, 0.2) is 53.6 Å². The van der Waals surface area contributed by atoms with Gasteiger partial charge in [-0.3, -0.25) is 4.79 Å². The topological polar surface area (TPSA) is 89.3 Å². The van der Waals surface area contributed by atoms with E-state index in [4.69, 9.17) is 16.3 Å². The molecule has 2 N–H and O–H groups in total. The molecule has 0 aliphatic carbocycles. The molecule has 0 unspecified atom stereocenters. The Morgan fingerprint density at radius 2 is 2.16 bits per heavy atom. The van der Waals surface area contributed by atoms with Gasteiger partial charge in [-0.25, -0.2) is 18.7 Å². The Labute approximate surface area is 187 Å². The molecule has 1 saturated heterocycles. The highest BCUT2D eigenvalue weighted by Gasteiger charge is 2.26. The number of ether oxygens (including phenoxy) is 1. The average molecular weight is 463 g/mol. The van der Waals surface area contributed by atoms with Crippen LogP contribution >= 0.6 is 11.6 Å². The van der Waals surface area contributed by atoms with Gasteiger partial charge in [0.05, 0.1) is 36.0 Å². The first kappa shape index (κ1) is 22.3. The van der Waals surface area contributed by atoms with Crippen molar-refractivity contribution in [3.05, 3.63) is 75.5 Å². The van der Waals surface area contributed by atoms with Gasteiger partial charge >= 0.3 is 0 Å². The van der Waals surface area contributed by atoms with E-state index in [1.165, 1.54) is 35.2 Å². The number of aromatic nitrogens is 3. The molecular weight excluding hydrogens is 442 g/mol. The standard InChI is InChI=1S/C22H21ClF2N4O3/c23-15-2-1-14(9-16(15)24)20(30)11-29-7-4-13(10-21(29)31)18-3-6-26-22(27-18)28-19-5-8-32-12-17(19)25/h1-4,6-7,9-10,17,19-20,30H,5,8,11-12H2,(H,26,27,28)/t17-,19+,20-/m1/s1. The highest BCUT2D eigenvalue weighted by atomic mass is 35.5. The van der Waals surface area contributed by atoms with Gasteiger partial charge in [-0.2, -0.15) is 0 Å². The first-order chi connectivity index (χ1) is 15.4. The summed E-state index contributed by atoms with van der Waals surface area (Å²) in [6.07, 6.45) is 1.32. The zero-order valence-electron chi connectivity index (χ0n) is 16.9. The van der Waals surface area contributed by atoms with E-state index in [1.54, 1.807) is 12.1 Å². The van der Waals surface area contributed by atoms with Crippen LogP contribution < -0.4 is 10.9 Å². The van der Waals surface area contributed by atoms with E-state index in [-0.39, 0.29) is 29.7 Å². The molecule has 1 aliphatic rings. The molecule has 0 bridgehead atoms. The summed E-state index contributed by atoms with van der Waals surface area (Å²) >= 11 is 5.67. The van der Waals surface area contributed by atoms with Crippen molar-refractivity contribution in [3.8, 4) is 11.3 Å². The normalized spacial score (nSPS) is 19.5. The molecule has 1 fully saturated rings. The van der Waals surface area contributed by atoms with E-state index in [1.807, 2.05) is 0 Å². The monoisotopic (exact) mass is 462 g/mol. The van der Waals surface area contributed by atoms with Crippen molar-refractivity contribution in [3.63, 3.8) is 0 Å². The molecule has 1 aromatic carbocycles. The lowest BCUT2D eigenvalue weighted by Crippen LogP contribution is -2.39. The first-order valence-corrected chi connectivity index (χ1v) is 10.4. The Morgan fingerprint density at radius 3 is 2.91 bits per heavy atom. The number of aliphatic hydroxyl groups is 1. The second kappa shape index (κ2) is 9.72. The molecule has 0 spiro atoms. The molecule has 168 valence electrons. The maximum absolute atomic E-state index is 14.0. The molecule has 1 aliphatic heterocycles. The molecule has 32 heavy (non-hydrogen) atoms. The van der Waals surface area contributed by atoms with E-state index in [9.17, 15) is 18.7 Å². The van der Waals surface area contributed by atoms with Crippen molar-refractivity contribution < 1.29 is 18.6 Å². The van der Waals surface area contributed by atoms with Crippen LogP contribution in [0.25, 0.3) is 11.3 Å². The number of alkyl halides is 1. The van der Waals surface area contributed by atoms with Gasteiger partial charge in [-0.15, -0.1) is 0 Å². The van der Waals surface area contributed by atoms with Crippen LogP contribution in [-0.2, 0) is 11.3 Å². The minimum absolute atomic E-state index is 0.0318. The quantitative estimate of drug-likeness (QED) is 0.584. The fourth-order valence-electron chi connectivity index (χ4n) is 3.45. The number of hydrogen-bond acceptors (Lipinski definition) is 6. The third-order valence-corrected chi connectivity index (χ3v) is 5.55. The Morgan fingerprint density at radius 1 is 1.31 bits per heavy atom. The number of nitrogens with one attached hydrogen (secondary N) is 1. The van der Waals surface area contributed by atoms with Crippen molar-refractivity contribution in [1.29, 1.82) is 0 Å². The van der Waals surface area contributed by atoms with Gasteiger partial charge < -0.3 is 19.7 Å². The van der Waals surface area contributed by atoms with Crippen molar-refractivity contribution >= 4 is 17.5 Å². The zero-order chi connectivity index (χ0) is 22.7. The molecule has 7 nitrogen and oxygen atoms in total. The summed E-state index contributed by atoms with van der Waals surface area (Å²) in [7, 11) is 0. The van der Waals surface area contributed by atoms with Gasteiger partial charge in [0.1, 0.15) is 12.0 Å². The van der Waals surface area contributed by atoms with Gasteiger partial charge in [0.15, 0.2) is 0 Å². The van der Waals surface area contributed by atoms with Gasteiger partial charge in [0, 0.05) is 30.6 Å². The Kier molecular flexibility index (Phi) is 6.78. The molecular formula is C22H21ClF2N4O3. The number of halogens is 3. The molecule has 2 aromatic heterocycles. The lowest BCUT2D eigenvalue weighted by atomic mass is 10.1. The van der Waals surface area contributed by atoms with Crippen molar-refractivity contribution in [2.45, 2.75) is 31.3 Å². The van der Waals surface area contributed by atoms with Crippen LogP contribution in [0.1, 0.15) is 18.1 Å². The van der Waals surface area contributed by atoms with Crippen LogP contribution in [-0.4, -0.2) is 45.1 Å². The molecule has 0 amide bonds. The predicted octanol–water partition coefficient (Wildman–Crippen LogP) is 3.37. The van der Waals surface area contributed by atoms with Crippen LogP contribution in [0.4, 0.5) is 14.7 Å². The van der Waals surface area contributed by atoms with E-state index < -0.39 is 24.1 Å². The number of anilines is 1. The molecule has 4 rings (SSSR count). The third kappa shape index (κ3) is 5.12. The van der Waals surface area contributed by atoms with E-state index in [0.717, 1.165) is 6.07 Å². The molecule has 3 atom stereocenters. The van der Waals surface area contributed by atoms with Crippen LogP contribution in [0.5, 0.6) is 0 Å². The number of rotatable bonds is 6. The minimum atomic E-state index is -1.15. The summed E-state index contributed by atoms with van der Waals surface area (Å²) < 4.78 is 34.0. The largest absolute Gasteiger partial charge is 0.387 e. The third-order valence-electron chi connectivity index (χ3n) is 5.25. The van der Waals surface area contributed by atoms with E-state index in [2.05, 4.69) is 15.3 Å². The van der Waals surface area contributed by atoms with E-state index >= 15 is 0 Å². The number of benzene rings is 1. The molecule has 3 aromatic rings. The second-order valence-electron chi connectivity index (χ2n) is 7.49. The zero-order valence-corrected chi connectivity index (χ0v) is 17.7. The van der Waals surface area contributed by atoms with Gasteiger partial charge in [-0.05, 0) is 36.2 Å². The number of nitrogens with zero attached hydrogens (tertiary/aromatic N) is 3. The van der Waals surface area contributed by atoms with Gasteiger partial charge in [0.25, 0.3) is 5.56 Å². The van der Waals surface area contributed by atoms with Crippen molar-refractivity contribution in [2.75, 3.05) is 18.5 Å². The number of pyridine rings is 1. The number of hydrogen-bond donors (Lipinski definition) is 2. The summed E-state index contributed by atoms with van der Waals surface area (Å²) in [5.74, 6) is -0.375. The number of aliphatic hydroxyl groups excluding tert-OH is 1. The minimum Gasteiger partial charge on any atom is -0.387 e. The van der Waals surface area contributed by atoms with Crippen molar-refractivity contribution in [2.24, 2.45) is 0 Å². The fourth-order valence-corrected chi connectivity index (χ4v) is 3.57. The Balaban J connectivity index is 1.49.